The molecule has 4 heteroatoms. The molecule has 0 amide bonds. The highest BCUT2D eigenvalue weighted by Crippen LogP contribution is 2.41. The van der Waals surface area contributed by atoms with Crippen molar-refractivity contribution in [2.75, 3.05) is 5.75 Å². The van der Waals surface area contributed by atoms with Gasteiger partial charge in [-0.1, -0.05) is 29.8 Å². The monoisotopic (exact) mass is 290 g/mol. The van der Waals surface area contributed by atoms with Crippen LogP contribution in [0.4, 0.5) is 0 Å². The standard InChI is InChI=1S/C15H15ClN2S/c16-13-8-18-6-5-10(13)7-14(17)12-9-19-15-4-2-1-3-11(12)15/h1-6,8,12,14H,7,9,17H2. The van der Waals surface area contributed by atoms with Gasteiger partial charge in [0.25, 0.3) is 0 Å². The van der Waals surface area contributed by atoms with Crippen LogP contribution in [0, 0.1) is 0 Å². The van der Waals surface area contributed by atoms with Crippen molar-refractivity contribution in [1.29, 1.82) is 0 Å². The van der Waals surface area contributed by atoms with Gasteiger partial charge in [0, 0.05) is 35.0 Å². The molecule has 1 aliphatic rings. The summed E-state index contributed by atoms with van der Waals surface area (Å²) in [6, 6.07) is 10.6. The molecule has 3 rings (SSSR count). The highest BCUT2D eigenvalue weighted by molar-refractivity contribution is 7.99. The van der Waals surface area contributed by atoms with Crippen molar-refractivity contribution in [3.05, 3.63) is 58.9 Å². The van der Waals surface area contributed by atoms with E-state index >= 15 is 0 Å². The van der Waals surface area contributed by atoms with Gasteiger partial charge in [-0.2, -0.15) is 0 Å². The van der Waals surface area contributed by atoms with Crippen LogP contribution in [0.25, 0.3) is 0 Å². The van der Waals surface area contributed by atoms with Gasteiger partial charge in [-0.05, 0) is 29.7 Å². The van der Waals surface area contributed by atoms with E-state index < -0.39 is 0 Å². The van der Waals surface area contributed by atoms with E-state index in [0.29, 0.717) is 10.9 Å². The zero-order valence-corrected chi connectivity index (χ0v) is 12.0. The van der Waals surface area contributed by atoms with Gasteiger partial charge >= 0.3 is 0 Å². The Labute approximate surface area is 122 Å². The number of fused-ring (bicyclic) bond motifs is 1. The van der Waals surface area contributed by atoms with Crippen molar-refractivity contribution in [2.24, 2.45) is 5.73 Å². The maximum Gasteiger partial charge on any atom is 0.0621 e. The summed E-state index contributed by atoms with van der Waals surface area (Å²) < 4.78 is 0. The fourth-order valence-corrected chi connectivity index (χ4v) is 4.05. The Morgan fingerprint density at radius 1 is 1.37 bits per heavy atom. The van der Waals surface area contributed by atoms with Gasteiger partial charge in [0.2, 0.25) is 0 Å². The number of halogens is 1. The third kappa shape index (κ3) is 2.64. The summed E-state index contributed by atoms with van der Waals surface area (Å²) in [5.74, 6) is 1.47. The van der Waals surface area contributed by atoms with Crippen molar-refractivity contribution >= 4 is 23.4 Å². The molecule has 0 fully saturated rings. The Kier molecular flexibility index (Phi) is 3.78. The third-order valence-electron chi connectivity index (χ3n) is 3.57. The predicted molar refractivity (Wildman–Crippen MR) is 80.8 cm³/mol. The Morgan fingerprint density at radius 3 is 3.05 bits per heavy atom. The van der Waals surface area contributed by atoms with Gasteiger partial charge in [-0.3, -0.25) is 4.98 Å². The maximum absolute atomic E-state index is 6.40. The van der Waals surface area contributed by atoms with Crippen LogP contribution in [-0.4, -0.2) is 16.8 Å². The van der Waals surface area contributed by atoms with Crippen LogP contribution in [0.15, 0.2) is 47.6 Å². The van der Waals surface area contributed by atoms with Crippen LogP contribution in [0.5, 0.6) is 0 Å². The molecule has 2 nitrogen and oxygen atoms in total. The van der Waals surface area contributed by atoms with Gasteiger partial charge < -0.3 is 5.73 Å². The summed E-state index contributed by atoms with van der Waals surface area (Å²) >= 11 is 8.05. The minimum Gasteiger partial charge on any atom is -0.327 e. The van der Waals surface area contributed by atoms with Crippen LogP contribution in [-0.2, 0) is 6.42 Å². The van der Waals surface area contributed by atoms with E-state index in [0.717, 1.165) is 17.7 Å². The summed E-state index contributed by atoms with van der Waals surface area (Å²) in [6.45, 7) is 0. The summed E-state index contributed by atoms with van der Waals surface area (Å²) in [6.07, 6.45) is 4.24. The van der Waals surface area contributed by atoms with Gasteiger partial charge in [-0.15, -0.1) is 11.8 Å². The van der Waals surface area contributed by atoms with Crippen LogP contribution >= 0.6 is 23.4 Å². The summed E-state index contributed by atoms with van der Waals surface area (Å²) in [4.78, 5) is 5.37. The number of nitrogens with zero attached hydrogens (tertiary/aromatic N) is 1. The van der Waals surface area contributed by atoms with Crippen LogP contribution < -0.4 is 5.73 Å². The number of thioether (sulfide) groups is 1. The lowest BCUT2D eigenvalue weighted by Crippen LogP contribution is -2.31. The van der Waals surface area contributed by atoms with Crippen LogP contribution in [0.2, 0.25) is 5.02 Å². The first-order chi connectivity index (χ1) is 9.25. The number of pyridine rings is 1. The van der Waals surface area contributed by atoms with Gasteiger partial charge in [0.15, 0.2) is 0 Å². The number of rotatable bonds is 3. The van der Waals surface area contributed by atoms with Crippen molar-refractivity contribution < 1.29 is 0 Å². The van der Waals surface area contributed by atoms with Gasteiger partial charge in [-0.25, -0.2) is 0 Å². The smallest absolute Gasteiger partial charge is 0.0621 e. The van der Waals surface area contributed by atoms with Crippen LogP contribution in [0.3, 0.4) is 0 Å². The fourth-order valence-electron chi connectivity index (χ4n) is 2.51. The minimum atomic E-state index is 0.0936. The SMILES string of the molecule is NC(Cc1ccncc1Cl)C1CSc2ccccc21. The molecule has 2 aromatic rings. The Morgan fingerprint density at radius 2 is 2.21 bits per heavy atom. The first-order valence-corrected chi connectivity index (χ1v) is 7.68. The molecule has 0 radical (unpaired) electrons. The maximum atomic E-state index is 6.40. The topological polar surface area (TPSA) is 38.9 Å². The quantitative estimate of drug-likeness (QED) is 0.940. The summed E-state index contributed by atoms with van der Waals surface area (Å²) in [7, 11) is 0. The fraction of sp³-hybridized carbons (Fsp3) is 0.267. The highest BCUT2D eigenvalue weighted by atomic mass is 35.5. The summed E-state index contributed by atoms with van der Waals surface area (Å²) in [5, 5.41) is 0.705. The minimum absolute atomic E-state index is 0.0936. The molecule has 0 bridgehead atoms. The number of benzene rings is 1. The second kappa shape index (κ2) is 5.53. The lowest BCUT2D eigenvalue weighted by molar-refractivity contribution is 0.572. The van der Waals surface area contributed by atoms with Gasteiger partial charge in [0.05, 0.1) is 5.02 Å². The number of hydrogen-bond acceptors (Lipinski definition) is 3. The Hall–Kier alpha value is -1.03. The first-order valence-electron chi connectivity index (χ1n) is 6.31. The zero-order valence-electron chi connectivity index (χ0n) is 10.4. The van der Waals surface area contributed by atoms with Crippen LogP contribution in [0.1, 0.15) is 17.0 Å². The predicted octanol–water partition coefficient (Wildman–Crippen LogP) is 3.49. The Bertz CT molecular complexity index is 588. The van der Waals surface area contributed by atoms with E-state index in [-0.39, 0.29) is 6.04 Å². The molecule has 0 aliphatic carbocycles. The average molecular weight is 291 g/mol. The average Bonchev–Trinajstić information content (AvgIpc) is 2.85. The number of nitrogens with two attached hydrogens (primary N) is 1. The molecule has 1 aromatic heterocycles. The zero-order chi connectivity index (χ0) is 13.2. The largest absolute Gasteiger partial charge is 0.327 e. The van der Waals surface area contributed by atoms with Crippen molar-refractivity contribution in [2.45, 2.75) is 23.3 Å². The van der Waals surface area contributed by atoms with E-state index in [2.05, 4.69) is 29.2 Å². The normalized spacial score (nSPS) is 19.2. The molecule has 2 heterocycles. The van der Waals surface area contributed by atoms with E-state index in [4.69, 9.17) is 17.3 Å². The van der Waals surface area contributed by atoms with E-state index in [1.54, 1.807) is 12.4 Å². The highest BCUT2D eigenvalue weighted by Gasteiger charge is 2.28. The number of hydrogen-bond donors (Lipinski definition) is 1. The van der Waals surface area contributed by atoms with E-state index in [1.165, 1.54) is 10.5 Å². The molecule has 1 aliphatic heterocycles. The van der Waals surface area contributed by atoms with E-state index in [9.17, 15) is 0 Å². The Balaban J connectivity index is 1.79. The molecule has 2 N–H and O–H groups in total. The second-order valence-corrected chi connectivity index (χ2v) is 6.26. The number of aromatic nitrogens is 1. The molecule has 2 unspecified atom stereocenters. The molecule has 0 saturated heterocycles. The molecule has 2 atom stereocenters. The van der Waals surface area contributed by atoms with Gasteiger partial charge in [0.1, 0.15) is 0 Å². The molecule has 98 valence electrons. The third-order valence-corrected chi connectivity index (χ3v) is 5.11. The first kappa shape index (κ1) is 13.0. The lowest BCUT2D eigenvalue weighted by Gasteiger charge is -2.20. The molecular weight excluding hydrogens is 276 g/mol. The van der Waals surface area contributed by atoms with E-state index in [1.807, 2.05) is 17.8 Å². The molecular formula is C15H15ClN2S. The molecule has 0 spiro atoms. The molecule has 1 aromatic carbocycles. The second-order valence-electron chi connectivity index (χ2n) is 4.79. The van der Waals surface area contributed by atoms with Crippen molar-refractivity contribution in [3.63, 3.8) is 0 Å². The molecule has 0 saturated carbocycles. The lowest BCUT2D eigenvalue weighted by atomic mass is 9.90. The summed E-state index contributed by atoms with van der Waals surface area (Å²) in [5.41, 5.74) is 8.86. The molecule has 19 heavy (non-hydrogen) atoms. The van der Waals surface area contributed by atoms with Crippen molar-refractivity contribution in [3.8, 4) is 0 Å². The van der Waals surface area contributed by atoms with Crippen molar-refractivity contribution in [1.82, 2.24) is 4.98 Å².